The molecule has 0 bridgehead atoms. The van der Waals surface area contributed by atoms with Crippen LogP contribution in [0.2, 0.25) is 5.02 Å². The third kappa shape index (κ3) is 4.15. The third-order valence-electron chi connectivity index (χ3n) is 5.33. The van der Waals surface area contributed by atoms with Gasteiger partial charge in [0.1, 0.15) is 6.17 Å². The van der Waals surface area contributed by atoms with Crippen LogP contribution in [0.5, 0.6) is 0 Å². The minimum absolute atomic E-state index is 0.00304. The summed E-state index contributed by atoms with van der Waals surface area (Å²) < 4.78 is 58.1. The summed E-state index contributed by atoms with van der Waals surface area (Å²) in [5.74, 6) is -0.896. The van der Waals surface area contributed by atoms with Gasteiger partial charge in [0.25, 0.3) is 5.56 Å². The number of aromatic nitrogens is 2. The summed E-state index contributed by atoms with van der Waals surface area (Å²) in [6.07, 6.45) is 0.241. The lowest BCUT2D eigenvalue weighted by Gasteiger charge is -2.19. The lowest BCUT2D eigenvalue weighted by molar-refractivity contribution is 0.343. The molecule has 12 heteroatoms. The lowest BCUT2D eigenvalue weighted by atomic mass is 10.1. The Bertz CT molecular complexity index is 1380. The van der Waals surface area contributed by atoms with Crippen molar-refractivity contribution in [2.75, 3.05) is 23.1 Å². The molecule has 2 aromatic carbocycles. The fraction of sp³-hybridized carbons (Fsp3) is 0.300. The molecule has 32 heavy (non-hydrogen) atoms. The SMILES string of the molecule is Cc1c(Nc2cc(Cl)cc(NS(=O)(=O)N3CC[C@@H](F)C3)c2F)ccc2ncn(C)c(=O)c12. The van der Waals surface area contributed by atoms with Crippen LogP contribution >= 0.6 is 11.6 Å². The van der Waals surface area contributed by atoms with E-state index in [0.717, 1.165) is 10.4 Å². The second kappa shape index (κ2) is 8.30. The molecule has 4 rings (SSSR count). The molecule has 170 valence electrons. The fourth-order valence-corrected chi connectivity index (χ4v) is 5.07. The van der Waals surface area contributed by atoms with Crippen LogP contribution in [-0.4, -0.2) is 41.5 Å². The van der Waals surface area contributed by atoms with Crippen LogP contribution in [0.4, 0.5) is 25.8 Å². The Morgan fingerprint density at radius 1 is 1.22 bits per heavy atom. The first-order valence-corrected chi connectivity index (χ1v) is 11.5. The van der Waals surface area contributed by atoms with E-state index in [4.69, 9.17) is 11.6 Å². The standard InChI is InChI=1S/C20H20ClF2N5O3S/c1-11-14(3-4-15-18(11)20(29)27(2)10-24-15)25-16-7-12(21)8-17(19(16)23)26-32(30,31)28-6-5-13(22)9-28/h3-4,7-8,10,13,25-26H,5-6,9H2,1-2H3/t13-/m1/s1. The normalized spacial score (nSPS) is 17.1. The highest BCUT2D eigenvalue weighted by atomic mass is 35.5. The summed E-state index contributed by atoms with van der Waals surface area (Å²) in [4.78, 5) is 16.7. The van der Waals surface area contributed by atoms with Crippen LogP contribution in [0, 0.1) is 12.7 Å². The van der Waals surface area contributed by atoms with Crippen LogP contribution in [-0.2, 0) is 17.3 Å². The van der Waals surface area contributed by atoms with E-state index in [2.05, 4.69) is 15.0 Å². The summed E-state index contributed by atoms with van der Waals surface area (Å²) in [7, 11) is -2.58. The Labute approximate surface area is 188 Å². The van der Waals surface area contributed by atoms with Gasteiger partial charge in [-0.1, -0.05) is 11.6 Å². The van der Waals surface area contributed by atoms with Crippen molar-refractivity contribution in [3.63, 3.8) is 0 Å². The van der Waals surface area contributed by atoms with Gasteiger partial charge in [0.05, 0.1) is 28.6 Å². The molecular formula is C20H20ClF2N5O3S. The first kappa shape index (κ1) is 22.4. The Morgan fingerprint density at radius 2 is 1.94 bits per heavy atom. The van der Waals surface area contributed by atoms with E-state index in [0.29, 0.717) is 22.2 Å². The van der Waals surface area contributed by atoms with Crippen LogP contribution in [0.1, 0.15) is 12.0 Å². The largest absolute Gasteiger partial charge is 0.353 e. The van der Waals surface area contributed by atoms with Gasteiger partial charge in [-0.25, -0.2) is 13.8 Å². The molecule has 0 aliphatic carbocycles. The second-order valence-corrected chi connectivity index (χ2v) is 9.69. The van der Waals surface area contributed by atoms with Gasteiger partial charge < -0.3 is 9.88 Å². The van der Waals surface area contributed by atoms with Gasteiger partial charge in [0.2, 0.25) is 0 Å². The van der Waals surface area contributed by atoms with Crippen molar-refractivity contribution in [2.24, 2.45) is 7.05 Å². The van der Waals surface area contributed by atoms with E-state index in [-0.39, 0.29) is 41.5 Å². The van der Waals surface area contributed by atoms with Crippen LogP contribution in [0.25, 0.3) is 10.9 Å². The van der Waals surface area contributed by atoms with Gasteiger partial charge in [-0.15, -0.1) is 0 Å². The summed E-state index contributed by atoms with van der Waals surface area (Å²) >= 11 is 6.10. The van der Waals surface area contributed by atoms with Crippen molar-refractivity contribution in [3.05, 3.63) is 57.3 Å². The minimum Gasteiger partial charge on any atom is -0.353 e. The maximum Gasteiger partial charge on any atom is 0.301 e. The molecular weight excluding hydrogens is 464 g/mol. The van der Waals surface area contributed by atoms with E-state index >= 15 is 4.39 Å². The van der Waals surface area contributed by atoms with Crippen molar-refractivity contribution in [2.45, 2.75) is 19.5 Å². The number of hydrogen-bond acceptors (Lipinski definition) is 5. The van der Waals surface area contributed by atoms with Crippen LogP contribution in [0.15, 0.2) is 35.4 Å². The van der Waals surface area contributed by atoms with E-state index in [1.165, 1.54) is 17.0 Å². The van der Waals surface area contributed by atoms with E-state index in [9.17, 15) is 17.6 Å². The molecule has 8 nitrogen and oxygen atoms in total. The van der Waals surface area contributed by atoms with Gasteiger partial charge in [0.15, 0.2) is 5.82 Å². The first-order chi connectivity index (χ1) is 15.1. The molecule has 3 aromatic rings. The Morgan fingerprint density at radius 3 is 2.62 bits per heavy atom. The number of anilines is 3. The van der Waals surface area contributed by atoms with E-state index < -0.39 is 22.2 Å². The Hall–Kier alpha value is -2.76. The number of nitrogens with zero attached hydrogens (tertiary/aromatic N) is 3. The average Bonchev–Trinajstić information content (AvgIpc) is 3.17. The lowest BCUT2D eigenvalue weighted by Crippen LogP contribution is -2.34. The highest BCUT2D eigenvalue weighted by molar-refractivity contribution is 7.90. The summed E-state index contributed by atoms with van der Waals surface area (Å²) in [5, 5.41) is 3.33. The van der Waals surface area contributed by atoms with Crippen molar-refractivity contribution in [1.29, 1.82) is 0 Å². The Balaban J connectivity index is 1.70. The number of nitrogens with one attached hydrogen (secondary N) is 2. The molecule has 0 amide bonds. The number of benzene rings is 2. The zero-order chi connectivity index (χ0) is 23.2. The molecule has 1 aliphatic rings. The predicted molar refractivity (Wildman–Crippen MR) is 120 cm³/mol. The molecule has 0 spiro atoms. The fourth-order valence-electron chi connectivity index (χ4n) is 3.60. The van der Waals surface area contributed by atoms with Crippen molar-refractivity contribution < 1.29 is 17.2 Å². The smallest absolute Gasteiger partial charge is 0.301 e. The van der Waals surface area contributed by atoms with Crippen molar-refractivity contribution in [1.82, 2.24) is 13.9 Å². The van der Waals surface area contributed by atoms with E-state index in [1.54, 1.807) is 26.1 Å². The van der Waals surface area contributed by atoms with E-state index in [1.807, 2.05) is 0 Å². The minimum atomic E-state index is -4.16. The average molecular weight is 484 g/mol. The molecule has 2 heterocycles. The predicted octanol–water partition coefficient (Wildman–Crippen LogP) is 3.48. The maximum atomic E-state index is 15.2. The maximum absolute atomic E-state index is 15.2. The topological polar surface area (TPSA) is 96.3 Å². The highest BCUT2D eigenvalue weighted by Crippen LogP contribution is 2.33. The Kier molecular flexibility index (Phi) is 5.82. The third-order valence-corrected chi connectivity index (χ3v) is 7.03. The molecule has 1 atom stereocenters. The number of fused-ring (bicyclic) bond motifs is 1. The van der Waals surface area contributed by atoms with Gasteiger partial charge in [-0.2, -0.15) is 12.7 Å². The first-order valence-electron chi connectivity index (χ1n) is 9.70. The zero-order valence-electron chi connectivity index (χ0n) is 17.2. The monoisotopic (exact) mass is 483 g/mol. The summed E-state index contributed by atoms with van der Waals surface area (Å²) in [5.41, 5.74) is 0.739. The van der Waals surface area contributed by atoms with Gasteiger partial charge in [-0.05, 0) is 43.2 Å². The molecule has 0 radical (unpaired) electrons. The molecule has 1 fully saturated rings. The molecule has 2 N–H and O–H groups in total. The van der Waals surface area contributed by atoms with Crippen molar-refractivity contribution in [3.8, 4) is 0 Å². The second-order valence-electron chi connectivity index (χ2n) is 7.58. The number of aryl methyl sites for hydroxylation is 2. The summed E-state index contributed by atoms with van der Waals surface area (Å²) in [6.45, 7) is 1.41. The number of hydrogen-bond donors (Lipinski definition) is 2. The van der Waals surface area contributed by atoms with Crippen LogP contribution < -0.4 is 15.6 Å². The number of alkyl halides is 1. The molecule has 1 saturated heterocycles. The molecule has 1 aromatic heterocycles. The summed E-state index contributed by atoms with van der Waals surface area (Å²) in [6, 6.07) is 5.70. The molecule has 0 saturated carbocycles. The number of halogens is 3. The van der Waals surface area contributed by atoms with Crippen LogP contribution in [0.3, 0.4) is 0 Å². The zero-order valence-corrected chi connectivity index (χ0v) is 18.8. The molecule has 0 unspecified atom stereocenters. The quantitative estimate of drug-likeness (QED) is 0.579. The van der Waals surface area contributed by atoms with Gasteiger partial charge >= 0.3 is 10.2 Å². The molecule has 1 aliphatic heterocycles. The number of rotatable bonds is 5. The van der Waals surface area contributed by atoms with Gasteiger partial charge in [0, 0.05) is 30.8 Å². The van der Waals surface area contributed by atoms with Gasteiger partial charge in [-0.3, -0.25) is 9.52 Å². The van der Waals surface area contributed by atoms with Crippen molar-refractivity contribution >= 4 is 49.8 Å². The highest BCUT2D eigenvalue weighted by Gasteiger charge is 2.32.